The molecule has 1 unspecified atom stereocenters. The molecule has 1 amide bonds. The van der Waals surface area contributed by atoms with E-state index in [-0.39, 0.29) is 5.91 Å². The Kier molecular flexibility index (Phi) is 5.31. The number of nitrogens with zero attached hydrogens (tertiary/aromatic N) is 3. The molecule has 26 heavy (non-hydrogen) atoms. The highest BCUT2D eigenvalue weighted by molar-refractivity contribution is 7.15. The van der Waals surface area contributed by atoms with Crippen LogP contribution in [0.3, 0.4) is 0 Å². The number of piperidine rings is 1. The molecule has 1 aromatic carbocycles. The van der Waals surface area contributed by atoms with Crippen molar-refractivity contribution < 1.29 is 4.79 Å². The standard InChI is InChI=1S/C20H26N4OS/c1-14-4-2-5-16(12-14)17-6-3-10-24(13-17)11-9-18(25)21-20-23-22-19(26-20)15-7-8-15/h2,4-5,12,15,17H,3,6-11,13H2,1H3,(H,21,23,25). The van der Waals surface area contributed by atoms with Gasteiger partial charge in [0, 0.05) is 25.4 Å². The van der Waals surface area contributed by atoms with Crippen LogP contribution in [0.15, 0.2) is 24.3 Å². The smallest absolute Gasteiger partial charge is 0.227 e. The minimum atomic E-state index is 0.0428. The number of nitrogens with one attached hydrogen (secondary N) is 1. The Morgan fingerprint density at radius 1 is 1.27 bits per heavy atom. The molecule has 0 spiro atoms. The Labute approximate surface area is 158 Å². The molecule has 0 radical (unpaired) electrons. The third-order valence-electron chi connectivity index (χ3n) is 5.29. The fraction of sp³-hybridized carbons (Fsp3) is 0.550. The van der Waals surface area contributed by atoms with Crippen LogP contribution in [-0.4, -0.2) is 40.6 Å². The van der Waals surface area contributed by atoms with Gasteiger partial charge in [-0.3, -0.25) is 4.79 Å². The number of carbonyl (C=O) groups excluding carboxylic acids is 1. The quantitative estimate of drug-likeness (QED) is 0.837. The second kappa shape index (κ2) is 7.84. The maximum absolute atomic E-state index is 12.2. The predicted molar refractivity (Wildman–Crippen MR) is 105 cm³/mol. The number of benzene rings is 1. The summed E-state index contributed by atoms with van der Waals surface area (Å²) < 4.78 is 0. The highest BCUT2D eigenvalue weighted by Crippen LogP contribution is 2.42. The monoisotopic (exact) mass is 370 g/mol. The van der Waals surface area contributed by atoms with Crippen molar-refractivity contribution in [3.05, 3.63) is 40.4 Å². The van der Waals surface area contributed by atoms with Crippen molar-refractivity contribution in [1.82, 2.24) is 15.1 Å². The largest absolute Gasteiger partial charge is 0.302 e. The van der Waals surface area contributed by atoms with Crippen molar-refractivity contribution >= 4 is 22.4 Å². The molecule has 1 aliphatic carbocycles. The number of aromatic nitrogens is 2. The molecule has 1 atom stereocenters. The molecule has 138 valence electrons. The summed E-state index contributed by atoms with van der Waals surface area (Å²) in [6, 6.07) is 8.83. The zero-order chi connectivity index (χ0) is 17.9. The molecule has 1 saturated carbocycles. The summed E-state index contributed by atoms with van der Waals surface area (Å²) in [5, 5.41) is 12.9. The highest BCUT2D eigenvalue weighted by Gasteiger charge is 2.28. The summed E-state index contributed by atoms with van der Waals surface area (Å²) in [6.45, 7) is 5.08. The molecule has 2 fully saturated rings. The summed E-state index contributed by atoms with van der Waals surface area (Å²) in [5.74, 6) is 1.21. The Bertz CT molecular complexity index is 771. The minimum absolute atomic E-state index is 0.0428. The van der Waals surface area contributed by atoms with E-state index in [0.29, 0.717) is 23.4 Å². The van der Waals surface area contributed by atoms with Crippen LogP contribution in [0.4, 0.5) is 5.13 Å². The van der Waals surface area contributed by atoms with Gasteiger partial charge in [0.15, 0.2) is 0 Å². The van der Waals surface area contributed by atoms with Crippen LogP contribution in [0.25, 0.3) is 0 Å². The summed E-state index contributed by atoms with van der Waals surface area (Å²) in [7, 11) is 0. The van der Waals surface area contributed by atoms with Gasteiger partial charge in [-0.05, 0) is 50.6 Å². The van der Waals surface area contributed by atoms with Crippen LogP contribution in [0.1, 0.15) is 60.1 Å². The summed E-state index contributed by atoms with van der Waals surface area (Å²) in [6.07, 6.45) is 5.36. The van der Waals surface area contributed by atoms with E-state index in [1.807, 2.05) is 0 Å². The van der Waals surface area contributed by atoms with Crippen LogP contribution in [0.2, 0.25) is 0 Å². The molecule has 2 aromatic rings. The number of carbonyl (C=O) groups is 1. The number of anilines is 1. The highest BCUT2D eigenvalue weighted by atomic mass is 32.1. The van der Waals surface area contributed by atoms with Gasteiger partial charge < -0.3 is 10.2 Å². The normalized spacial score (nSPS) is 20.9. The van der Waals surface area contributed by atoms with Crippen LogP contribution in [0, 0.1) is 6.92 Å². The van der Waals surface area contributed by atoms with E-state index < -0.39 is 0 Å². The minimum Gasteiger partial charge on any atom is -0.302 e. The Morgan fingerprint density at radius 3 is 2.96 bits per heavy atom. The van der Waals surface area contributed by atoms with E-state index in [9.17, 15) is 4.79 Å². The molecule has 0 bridgehead atoms. The van der Waals surface area contributed by atoms with Crippen molar-refractivity contribution in [3.8, 4) is 0 Å². The predicted octanol–water partition coefficient (Wildman–Crippen LogP) is 3.93. The molecule has 4 rings (SSSR count). The van der Waals surface area contributed by atoms with Gasteiger partial charge in [-0.15, -0.1) is 10.2 Å². The second-order valence-corrected chi connectivity index (χ2v) is 8.58. The van der Waals surface area contributed by atoms with Crippen molar-refractivity contribution in [2.45, 2.75) is 50.9 Å². The lowest BCUT2D eigenvalue weighted by Crippen LogP contribution is -2.36. The SMILES string of the molecule is Cc1cccc(C2CCCN(CCC(=O)Nc3nnc(C4CC4)s3)C2)c1. The topological polar surface area (TPSA) is 58.1 Å². The summed E-state index contributed by atoms with van der Waals surface area (Å²) in [4.78, 5) is 14.7. The first kappa shape index (κ1) is 17.6. The van der Waals surface area contributed by atoms with E-state index in [0.717, 1.165) is 24.6 Å². The Hall–Kier alpha value is -1.79. The molecule has 1 aliphatic heterocycles. The lowest BCUT2D eigenvalue weighted by Gasteiger charge is -2.33. The van der Waals surface area contributed by atoms with Crippen LogP contribution >= 0.6 is 11.3 Å². The van der Waals surface area contributed by atoms with Crippen molar-refractivity contribution in [2.75, 3.05) is 25.0 Å². The number of hydrogen-bond donors (Lipinski definition) is 1. The van der Waals surface area contributed by atoms with Gasteiger partial charge in [-0.25, -0.2) is 0 Å². The molecule has 5 nitrogen and oxygen atoms in total. The average molecular weight is 371 g/mol. The lowest BCUT2D eigenvalue weighted by molar-refractivity contribution is -0.116. The van der Waals surface area contributed by atoms with E-state index >= 15 is 0 Å². The molecule has 1 aromatic heterocycles. The number of likely N-dealkylation sites (tertiary alicyclic amines) is 1. The van der Waals surface area contributed by atoms with Gasteiger partial charge in [-0.1, -0.05) is 41.2 Å². The maximum Gasteiger partial charge on any atom is 0.227 e. The van der Waals surface area contributed by atoms with Gasteiger partial charge in [0.1, 0.15) is 5.01 Å². The van der Waals surface area contributed by atoms with E-state index in [2.05, 4.69) is 51.6 Å². The summed E-state index contributed by atoms with van der Waals surface area (Å²) >= 11 is 1.52. The molecule has 6 heteroatoms. The van der Waals surface area contributed by atoms with Crippen molar-refractivity contribution in [3.63, 3.8) is 0 Å². The number of aryl methyl sites for hydroxylation is 1. The molecular formula is C20H26N4OS. The first-order valence-corrected chi connectivity index (χ1v) is 10.4. The van der Waals surface area contributed by atoms with Crippen molar-refractivity contribution in [1.29, 1.82) is 0 Å². The fourth-order valence-corrected chi connectivity index (χ4v) is 4.61. The Balaban J connectivity index is 1.26. The van der Waals surface area contributed by atoms with E-state index in [4.69, 9.17) is 0 Å². The fourth-order valence-electron chi connectivity index (χ4n) is 3.68. The molecule has 2 heterocycles. The Morgan fingerprint density at radius 2 is 2.15 bits per heavy atom. The summed E-state index contributed by atoms with van der Waals surface area (Å²) in [5.41, 5.74) is 2.75. The molecular weight excluding hydrogens is 344 g/mol. The number of rotatable bonds is 6. The maximum atomic E-state index is 12.2. The molecule has 1 N–H and O–H groups in total. The lowest BCUT2D eigenvalue weighted by atomic mass is 9.90. The first-order chi connectivity index (χ1) is 12.7. The van der Waals surface area contributed by atoms with E-state index in [1.54, 1.807) is 0 Å². The third-order valence-corrected chi connectivity index (χ3v) is 6.29. The zero-order valence-electron chi connectivity index (χ0n) is 15.3. The van der Waals surface area contributed by atoms with Gasteiger partial charge in [-0.2, -0.15) is 0 Å². The van der Waals surface area contributed by atoms with Gasteiger partial charge in [0.25, 0.3) is 0 Å². The van der Waals surface area contributed by atoms with Crippen molar-refractivity contribution in [2.24, 2.45) is 0 Å². The van der Waals surface area contributed by atoms with Gasteiger partial charge >= 0.3 is 0 Å². The number of hydrogen-bond acceptors (Lipinski definition) is 5. The number of amides is 1. The van der Waals surface area contributed by atoms with Crippen LogP contribution in [-0.2, 0) is 4.79 Å². The molecule has 1 saturated heterocycles. The van der Waals surface area contributed by atoms with Crippen LogP contribution in [0.5, 0.6) is 0 Å². The van der Waals surface area contributed by atoms with Crippen LogP contribution < -0.4 is 5.32 Å². The van der Waals surface area contributed by atoms with Gasteiger partial charge in [0.2, 0.25) is 11.0 Å². The zero-order valence-corrected chi connectivity index (χ0v) is 16.1. The first-order valence-electron chi connectivity index (χ1n) is 9.59. The molecule has 2 aliphatic rings. The average Bonchev–Trinajstić information content (AvgIpc) is 3.40. The van der Waals surface area contributed by atoms with Gasteiger partial charge in [0.05, 0.1) is 0 Å². The third kappa shape index (κ3) is 4.48. The second-order valence-electron chi connectivity index (χ2n) is 7.57. The van der Waals surface area contributed by atoms with E-state index in [1.165, 1.54) is 48.1 Å².